The molecule has 1 heterocycles. The van der Waals surface area contributed by atoms with E-state index in [4.69, 9.17) is 0 Å². The van der Waals surface area contributed by atoms with E-state index >= 15 is 0 Å². The summed E-state index contributed by atoms with van der Waals surface area (Å²) >= 11 is 0. The first-order chi connectivity index (χ1) is 10.9. The lowest BCUT2D eigenvalue weighted by atomic mass is 10.2. The molecule has 0 unspecified atom stereocenters. The van der Waals surface area contributed by atoms with E-state index in [1.165, 1.54) is 4.31 Å². The first kappa shape index (κ1) is 17.7. The molecular formula is C16H25N3O3S. The van der Waals surface area contributed by atoms with Crippen LogP contribution in [0.1, 0.15) is 29.6 Å². The maximum Gasteiger partial charge on any atom is 0.251 e. The van der Waals surface area contributed by atoms with E-state index in [0.29, 0.717) is 31.6 Å². The van der Waals surface area contributed by atoms with Crippen molar-refractivity contribution in [3.05, 3.63) is 29.8 Å². The summed E-state index contributed by atoms with van der Waals surface area (Å²) in [6.45, 7) is 1.54. The van der Waals surface area contributed by atoms with Gasteiger partial charge in [-0.3, -0.25) is 4.79 Å². The molecule has 1 aliphatic heterocycles. The zero-order valence-corrected chi connectivity index (χ0v) is 14.6. The Morgan fingerprint density at radius 3 is 2.78 bits per heavy atom. The number of hydrogen-bond acceptors (Lipinski definition) is 4. The molecule has 1 saturated heterocycles. The van der Waals surface area contributed by atoms with Gasteiger partial charge in [0.1, 0.15) is 0 Å². The third kappa shape index (κ3) is 4.94. The van der Waals surface area contributed by atoms with Gasteiger partial charge in [0.05, 0.1) is 5.75 Å². The molecule has 0 radical (unpaired) electrons. The third-order valence-corrected chi connectivity index (χ3v) is 5.90. The highest BCUT2D eigenvalue weighted by Crippen LogP contribution is 2.14. The summed E-state index contributed by atoms with van der Waals surface area (Å²) in [5.41, 5.74) is 1.58. The standard InChI is InChI=1S/C16H25N3O3S/c1-18(2)15-8-5-7-14(13-15)16(20)17-9-6-11-19-10-3-4-12-23(19,21)22/h5,7-8,13H,3-4,6,9-12H2,1-2H3,(H,17,20). The fourth-order valence-corrected chi connectivity index (χ4v) is 4.22. The van der Waals surface area contributed by atoms with Crippen LogP contribution in [0.5, 0.6) is 0 Å². The summed E-state index contributed by atoms with van der Waals surface area (Å²) in [6.07, 6.45) is 2.29. The van der Waals surface area contributed by atoms with Crippen LogP contribution in [0, 0.1) is 0 Å². The summed E-state index contributed by atoms with van der Waals surface area (Å²) in [6, 6.07) is 7.41. The number of anilines is 1. The summed E-state index contributed by atoms with van der Waals surface area (Å²) in [5.74, 6) is 0.117. The first-order valence-electron chi connectivity index (χ1n) is 7.93. The van der Waals surface area contributed by atoms with E-state index in [2.05, 4.69) is 5.32 Å². The predicted octanol–water partition coefficient (Wildman–Crippen LogP) is 1.30. The molecule has 1 amide bonds. The maximum atomic E-state index is 12.1. The van der Waals surface area contributed by atoms with Gasteiger partial charge in [0.2, 0.25) is 10.0 Å². The molecule has 0 aromatic heterocycles. The maximum absolute atomic E-state index is 12.1. The monoisotopic (exact) mass is 339 g/mol. The van der Waals surface area contributed by atoms with E-state index in [0.717, 1.165) is 18.5 Å². The smallest absolute Gasteiger partial charge is 0.251 e. The molecule has 1 fully saturated rings. The largest absolute Gasteiger partial charge is 0.378 e. The van der Waals surface area contributed by atoms with Crippen LogP contribution in [-0.4, -0.2) is 58.1 Å². The van der Waals surface area contributed by atoms with Crippen LogP contribution >= 0.6 is 0 Å². The number of sulfonamides is 1. The number of rotatable bonds is 6. The fraction of sp³-hybridized carbons (Fsp3) is 0.562. The number of hydrogen-bond donors (Lipinski definition) is 1. The second-order valence-corrected chi connectivity index (χ2v) is 8.06. The van der Waals surface area contributed by atoms with Gasteiger partial charge < -0.3 is 10.2 Å². The van der Waals surface area contributed by atoms with E-state index in [1.54, 1.807) is 6.07 Å². The number of carbonyl (C=O) groups excluding carboxylic acids is 1. The molecule has 0 atom stereocenters. The lowest BCUT2D eigenvalue weighted by molar-refractivity contribution is 0.0952. The molecule has 1 N–H and O–H groups in total. The third-order valence-electron chi connectivity index (χ3n) is 3.95. The second kappa shape index (κ2) is 7.79. The van der Waals surface area contributed by atoms with Crippen LogP contribution in [-0.2, 0) is 10.0 Å². The Bertz CT molecular complexity index is 644. The Balaban J connectivity index is 1.80. The summed E-state index contributed by atoms with van der Waals surface area (Å²) in [4.78, 5) is 14.1. The highest BCUT2D eigenvalue weighted by molar-refractivity contribution is 7.89. The number of benzene rings is 1. The Morgan fingerprint density at radius 2 is 2.09 bits per heavy atom. The summed E-state index contributed by atoms with van der Waals surface area (Å²) < 4.78 is 25.3. The van der Waals surface area contributed by atoms with Crippen molar-refractivity contribution in [1.29, 1.82) is 0 Å². The molecule has 0 saturated carbocycles. The average molecular weight is 339 g/mol. The van der Waals surface area contributed by atoms with Crippen molar-refractivity contribution < 1.29 is 13.2 Å². The van der Waals surface area contributed by atoms with E-state index < -0.39 is 10.0 Å². The van der Waals surface area contributed by atoms with Crippen molar-refractivity contribution in [2.24, 2.45) is 0 Å². The van der Waals surface area contributed by atoms with Crippen LogP contribution in [0.2, 0.25) is 0 Å². The van der Waals surface area contributed by atoms with Crippen molar-refractivity contribution in [2.45, 2.75) is 19.3 Å². The van der Waals surface area contributed by atoms with Crippen molar-refractivity contribution >= 4 is 21.6 Å². The minimum atomic E-state index is -3.08. The molecule has 0 aliphatic carbocycles. The van der Waals surface area contributed by atoms with Crippen LogP contribution in [0.3, 0.4) is 0 Å². The Kier molecular flexibility index (Phi) is 6.01. The van der Waals surface area contributed by atoms with Crippen molar-refractivity contribution in [3.63, 3.8) is 0 Å². The van der Waals surface area contributed by atoms with Gasteiger partial charge >= 0.3 is 0 Å². The Hall–Kier alpha value is -1.60. The molecule has 1 aliphatic rings. The normalized spacial score (nSPS) is 17.7. The van der Waals surface area contributed by atoms with Crippen molar-refractivity contribution in [3.8, 4) is 0 Å². The molecule has 0 bridgehead atoms. The van der Waals surface area contributed by atoms with Crippen LogP contribution in [0.15, 0.2) is 24.3 Å². The number of nitrogens with zero attached hydrogens (tertiary/aromatic N) is 2. The molecule has 128 valence electrons. The SMILES string of the molecule is CN(C)c1cccc(C(=O)NCCCN2CCCCS2(=O)=O)c1. The molecule has 2 rings (SSSR count). The van der Waals surface area contributed by atoms with Gasteiger partial charge in [0.15, 0.2) is 0 Å². The van der Waals surface area contributed by atoms with Gasteiger partial charge in [-0.15, -0.1) is 0 Å². The van der Waals surface area contributed by atoms with Crippen LogP contribution in [0.4, 0.5) is 5.69 Å². The minimum Gasteiger partial charge on any atom is -0.378 e. The summed E-state index contributed by atoms with van der Waals surface area (Å²) in [7, 11) is 0.777. The zero-order chi connectivity index (χ0) is 16.9. The van der Waals surface area contributed by atoms with Gasteiger partial charge in [0, 0.05) is 45.0 Å². The molecule has 7 heteroatoms. The van der Waals surface area contributed by atoms with Crippen LogP contribution in [0.25, 0.3) is 0 Å². The molecular weight excluding hydrogens is 314 g/mol. The topological polar surface area (TPSA) is 69.7 Å². The van der Waals surface area contributed by atoms with Gasteiger partial charge in [-0.1, -0.05) is 6.07 Å². The quantitative estimate of drug-likeness (QED) is 0.793. The van der Waals surface area contributed by atoms with Crippen LogP contribution < -0.4 is 10.2 Å². The van der Waals surface area contributed by atoms with Gasteiger partial charge in [0.25, 0.3) is 5.91 Å². The molecule has 1 aromatic rings. The Morgan fingerprint density at radius 1 is 1.30 bits per heavy atom. The number of carbonyl (C=O) groups is 1. The second-order valence-electron chi connectivity index (χ2n) is 5.98. The highest BCUT2D eigenvalue weighted by Gasteiger charge is 2.24. The van der Waals surface area contributed by atoms with E-state index in [1.807, 2.05) is 37.2 Å². The van der Waals surface area contributed by atoms with Gasteiger partial charge in [-0.25, -0.2) is 12.7 Å². The zero-order valence-electron chi connectivity index (χ0n) is 13.8. The van der Waals surface area contributed by atoms with Crippen molar-refractivity contribution in [2.75, 3.05) is 44.4 Å². The van der Waals surface area contributed by atoms with Gasteiger partial charge in [-0.2, -0.15) is 0 Å². The van der Waals surface area contributed by atoms with E-state index in [9.17, 15) is 13.2 Å². The molecule has 1 aromatic carbocycles. The first-order valence-corrected chi connectivity index (χ1v) is 9.54. The van der Waals surface area contributed by atoms with Crippen molar-refractivity contribution in [1.82, 2.24) is 9.62 Å². The minimum absolute atomic E-state index is 0.129. The molecule has 0 spiro atoms. The van der Waals surface area contributed by atoms with E-state index in [-0.39, 0.29) is 11.7 Å². The summed E-state index contributed by atoms with van der Waals surface area (Å²) in [5, 5.41) is 2.85. The fourth-order valence-electron chi connectivity index (χ4n) is 2.58. The van der Waals surface area contributed by atoms with Gasteiger partial charge in [-0.05, 0) is 37.5 Å². The molecule has 23 heavy (non-hydrogen) atoms. The predicted molar refractivity (Wildman–Crippen MR) is 92.3 cm³/mol. The number of amides is 1. The highest BCUT2D eigenvalue weighted by atomic mass is 32.2. The lowest BCUT2D eigenvalue weighted by Crippen LogP contribution is -2.39. The number of nitrogens with one attached hydrogen (secondary N) is 1. The lowest BCUT2D eigenvalue weighted by Gasteiger charge is -2.26. The molecule has 6 nitrogen and oxygen atoms in total. The average Bonchev–Trinajstić information content (AvgIpc) is 2.52. The Labute approximate surface area is 138 Å².